The van der Waals surface area contributed by atoms with Crippen molar-refractivity contribution < 1.29 is 9.53 Å². The van der Waals surface area contributed by atoms with Gasteiger partial charge in [-0.05, 0) is 25.0 Å². The minimum atomic E-state index is -0.619. The van der Waals surface area contributed by atoms with Gasteiger partial charge in [-0.2, -0.15) is 5.10 Å². The number of nitrogens with zero attached hydrogens (tertiary/aromatic N) is 3. The number of anilines is 1. The normalized spacial score (nSPS) is 19.5. The maximum Gasteiger partial charge on any atom is 0.239 e. The summed E-state index contributed by atoms with van der Waals surface area (Å²) in [6.45, 7) is 1.88. The lowest BCUT2D eigenvalue weighted by molar-refractivity contribution is -0.124. The van der Waals surface area contributed by atoms with Gasteiger partial charge in [-0.25, -0.2) is 0 Å². The summed E-state index contributed by atoms with van der Waals surface area (Å²) in [6.07, 6.45) is 3.60. The Morgan fingerprint density at radius 3 is 3.14 bits per heavy atom. The van der Waals surface area contributed by atoms with Crippen LogP contribution in [0.5, 0.6) is 0 Å². The van der Waals surface area contributed by atoms with Crippen molar-refractivity contribution in [2.75, 3.05) is 31.7 Å². The molecule has 1 fully saturated rings. The lowest BCUT2D eigenvalue weighted by Crippen LogP contribution is -2.53. The third-order valence-electron chi connectivity index (χ3n) is 3.33. The van der Waals surface area contributed by atoms with Crippen molar-refractivity contribution in [1.29, 1.82) is 0 Å². The zero-order valence-electron chi connectivity index (χ0n) is 12.1. The maximum atomic E-state index is 11.9. The van der Waals surface area contributed by atoms with Gasteiger partial charge >= 0.3 is 0 Å². The molecule has 0 spiro atoms. The number of hydrogen-bond acceptors (Lipinski definition) is 6. The van der Waals surface area contributed by atoms with Crippen molar-refractivity contribution in [2.24, 2.45) is 5.73 Å². The number of ether oxygens (including phenoxy) is 1. The lowest BCUT2D eigenvalue weighted by Gasteiger charge is -2.34. The summed E-state index contributed by atoms with van der Waals surface area (Å²) in [5.74, 6) is 0.672. The molecule has 1 amide bonds. The summed E-state index contributed by atoms with van der Waals surface area (Å²) >= 11 is 0. The van der Waals surface area contributed by atoms with Gasteiger partial charge in [0.05, 0.1) is 6.61 Å². The van der Waals surface area contributed by atoms with Gasteiger partial charge in [0.25, 0.3) is 0 Å². The number of carbonyl (C=O) groups is 1. The summed E-state index contributed by atoms with van der Waals surface area (Å²) in [7, 11) is 1.53. The van der Waals surface area contributed by atoms with Crippen LogP contribution in [0.15, 0.2) is 18.3 Å². The van der Waals surface area contributed by atoms with Gasteiger partial charge in [-0.3, -0.25) is 4.79 Å². The Morgan fingerprint density at radius 1 is 1.67 bits per heavy atom. The van der Waals surface area contributed by atoms with Gasteiger partial charge in [-0.1, -0.05) is 0 Å². The minimum absolute atomic E-state index is 0. The van der Waals surface area contributed by atoms with Gasteiger partial charge < -0.3 is 20.7 Å². The van der Waals surface area contributed by atoms with E-state index in [1.165, 1.54) is 7.11 Å². The van der Waals surface area contributed by atoms with Crippen LogP contribution in [0, 0.1) is 0 Å². The fraction of sp³-hybridized carbons (Fsp3) is 0.615. The molecule has 3 N–H and O–H groups in total. The van der Waals surface area contributed by atoms with Gasteiger partial charge in [-0.15, -0.1) is 17.5 Å². The molecule has 2 heterocycles. The second kappa shape index (κ2) is 8.76. The first-order valence-corrected chi connectivity index (χ1v) is 6.78. The van der Waals surface area contributed by atoms with Crippen molar-refractivity contribution in [3.8, 4) is 0 Å². The van der Waals surface area contributed by atoms with Gasteiger partial charge in [0.1, 0.15) is 6.04 Å². The quantitative estimate of drug-likeness (QED) is 0.792. The van der Waals surface area contributed by atoms with E-state index in [1.807, 2.05) is 12.1 Å². The summed E-state index contributed by atoms with van der Waals surface area (Å²) in [5, 5.41) is 11.0. The SMILES string of the molecule is COCC(N)C(=O)NC1CCCN(c2cccnn2)C1.Cl. The van der Waals surface area contributed by atoms with Crippen LogP contribution in [0.1, 0.15) is 12.8 Å². The Hall–Kier alpha value is -1.44. The molecule has 1 aromatic rings. The number of hydrogen-bond donors (Lipinski definition) is 2. The average molecular weight is 316 g/mol. The monoisotopic (exact) mass is 315 g/mol. The highest BCUT2D eigenvalue weighted by Gasteiger charge is 2.24. The number of amides is 1. The van der Waals surface area contributed by atoms with E-state index in [1.54, 1.807) is 6.20 Å². The minimum Gasteiger partial charge on any atom is -0.383 e. The fourth-order valence-electron chi connectivity index (χ4n) is 2.33. The highest BCUT2D eigenvalue weighted by molar-refractivity contribution is 5.85. The van der Waals surface area contributed by atoms with Crippen molar-refractivity contribution in [3.05, 3.63) is 18.3 Å². The number of rotatable bonds is 5. The standard InChI is InChI=1S/C13H21N5O2.ClH/c1-20-9-11(14)13(19)16-10-4-3-7-18(8-10)12-5-2-6-15-17-12;/h2,5-6,10-11H,3-4,7-9,14H2,1H3,(H,16,19);1H. The number of halogens is 1. The van der Waals surface area contributed by atoms with Crippen LogP contribution in [0.4, 0.5) is 5.82 Å². The first kappa shape index (κ1) is 17.6. The number of nitrogens with two attached hydrogens (primary N) is 1. The molecule has 2 atom stereocenters. The summed E-state index contributed by atoms with van der Waals surface area (Å²) in [4.78, 5) is 14.0. The van der Waals surface area contributed by atoms with Crippen molar-refractivity contribution >= 4 is 24.1 Å². The Bertz CT molecular complexity index is 434. The topological polar surface area (TPSA) is 93.4 Å². The van der Waals surface area contributed by atoms with E-state index in [2.05, 4.69) is 20.4 Å². The number of aromatic nitrogens is 2. The zero-order valence-corrected chi connectivity index (χ0v) is 12.9. The lowest BCUT2D eigenvalue weighted by atomic mass is 10.1. The molecule has 0 radical (unpaired) electrons. The van der Waals surface area contributed by atoms with Crippen LogP contribution in [0.3, 0.4) is 0 Å². The molecule has 7 nitrogen and oxygen atoms in total. The Balaban J connectivity index is 0.00000220. The Morgan fingerprint density at radius 2 is 2.48 bits per heavy atom. The molecule has 21 heavy (non-hydrogen) atoms. The highest BCUT2D eigenvalue weighted by Crippen LogP contribution is 2.16. The van der Waals surface area contributed by atoms with E-state index in [0.29, 0.717) is 0 Å². The van der Waals surface area contributed by atoms with E-state index in [0.717, 1.165) is 31.7 Å². The van der Waals surface area contributed by atoms with E-state index in [9.17, 15) is 4.79 Å². The fourth-order valence-corrected chi connectivity index (χ4v) is 2.33. The van der Waals surface area contributed by atoms with E-state index in [4.69, 9.17) is 10.5 Å². The molecule has 2 unspecified atom stereocenters. The van der Waals surface area contributed by atoms with Crippen molar-refractivity contribution in [1.82, 2.24) is 15.5 Å². The van der Waals surface area contributed by atoms with E-state index in [-0.39, 0.29) is 31.0 Å². The first-order valence-electron chi connectivity index (χ1n) is 6.78. The molecule has 2 rings (SSSR count). The Kier molecular flexibility index (Phi) is 7.35. The number of nitrogens with one attached hydrogen (secondary N) is 1. The van der Waals surface area contributed by atoms with Crippen LogP contribution in [0.25, 0.3) is 0 Å². The molecular formula is C13H22ClN5O2. The summed E-state index contributed by atoms with van der Waals surface area (Å²) in [5.41, 5.74) is 5.72. The number of methoxy groups -OCH3 is 1. The maximum absolute atomic E-state index is 11.9. The van der Waals surface area contributed by atoms with Crippen LogP contribution >= 0.6 is 12.4 Å². The second-order valence-electron chi connectivity index (χ2n) is 4.94. The van der Waals surface area contributed by atoms with Gasteiger partial charge in [0.2, 0.25) is 5.91 Å². The predicted octanol–water partition coefficient (Wildman–Crippen LogP) is -0.0429. The highest BCUT2D eigenvalue weighted by atomic mass is 35.5. The zero-order chi connectivity index (χ0) is 14.4. The molecular weight excluding hydrogens is 294 g/mol. The summed E-state index contributed by atoms with van der Waals surface area (Å²) in [6, 6.07) is 3.25. The smallest absolute Gasteiger partial charge is 0.239 e. The molecule has 1 saturated heterocycles. The average Bonchev–Trinajstić information content (AvgIpc) is 2.48. The third-order valence-corrected chi connectivity index (χ3v) is 3.33. The van der Waals surface area contributed by atoms with Crippen LogP contribution in [-0.4, -0.2) is 55.0 Å². The summed E-state index contributed by atoms with van der Waals surface area (Å²) < 4.78 is 4.89. The van der Waals surface area contributed by atoms with E-state index >= 15 is 0 Å². The van der Waals surface area contributed by atoms with Gasteiger partial charge in [0, 0.05) is 32.4 Å². The largest absolute Gasteiger partial charge is 0.383 e. The molecule has 0 aromatic carbocycles. The second-order valence-corrected chi connectivity index (χ2v) is 4.94. The number of carbonyl (C=O) groups excluding carboxylic acids is 1. The predicted molar refractivity (Wildman–Crippen MR) is 82.5 cm³/mol. The van der Waals surface area contributed by atoms with Crippen LogP contribution in [-0.2, 0) is 9.53 Å². The molecule has 1 aromatic heterocycles. The van der Waals surface area contributed by atoms with Crippen molar-refractivity contribution in [3.63, 3.8) is 0 Å². The van der Waals surface area contributed by atoms with Gasteiger partial charge in [0.15, 0.2) is 5.82 Å². The molecule has 8 heteroatoms. The molecule has 0 aliphatic carbocycles. The molecule has 1 aliphatic heterocycles. The number of piperidine rings is 1. The van der Waals surface area contributed by atoms with Crippen molar-refractivity contribution in [2.45, 2.75) is 24.9 Å². The molecule has 1 aliphatic rings. The van der Waals surface area contributed by atoms with Crippen LogP contribution < -0.4 is 16.0 Å². The Labute approximate surface area is 130 Å². The third kappa shape index (κ3) is 5.11. The molecule has 118 valence electrons. The van der Waals surface area contributed by atoms with Crippen LogP contribution in [0.2, 0.25) is 0 Å². The van der Waals surface area contributed by atoms with E-state index < -0.39 is 6.04 Å². The first-order chi connectivity index (χ1) is 9.70. The molecule has 0 saturated carbocycles. The molecule has 0 bridgehead atoms.